The van der Waals surface area contributed by atoms with Crippen LogP contribution in [0, 0.1) is 11.3 Å². The lowest BCUT2D eigenvalue weighted by molar-refractivity contribution is -0.140. The number of hydrogen-bond acceptors (Lipinski definition) is 3. The molecule has 0 unspecified atom stereocenters. The largest absolute Gasteiger partial charge is 0.381 e. The summed E-state index contributed by atoms with van der Waals surface area (Å²) in [5.41, 5.74) is 3.66. The van der Waals surface area contributed by atoms with E-state index in [9.17, 15) is 4.79 Å². The van der Waals surface area contributed by atoms with Crippen LogP contribution in [0.5, 0.6) is 0 Å². The first kappa shape index (κ1) is 25.7. The van der Waals surface area contributed by atoms with Crippen LogP contribution in [0.2, 0.25) is 0 Å². The van der Waals surface area contributed by atoms with Gasteiger partial charge in [-0.3, -0.25) is 4.79 Å². The summed E-state index contributed by atoms with van der Waals surface area (Å²) >= 11 is 0. The molecule has 0 aromatic heterocycles. The van der Waals surface area contributed by atoms with Gasteiger partial charge in [0.25, 0.3) is 0 Å². The van der Waals surface area contributed by atoms with E-state index >= 15 is 0 Å². The van der Waals surface area contributed by atoms with Crippen molar-refractivity contribution in [3.63, 3.8) is 0 Å². The van der Waals surface area contributed by atoms with Crippen LogP contribution in [-0.2, 0) is 14.9 Å². The minimum atomic E-state index is 0.167. The smallest absolute Gasteiger partial charge is 0.226 e. The van der Waals surface area contributed by atoms with E-state index < -0.39 is 0 Å². The molecule has 0 bridgehead atoms. The van der Waals surface area contributed by atoms with E-state index in [1.165, 1.54) is 56.4 Å². The Morgan fingerprint density at radius 1 is 1.06 bits per heavy atom. The first-order chi connectivity index (χ1) is 16.3. The molecule has 1 aliphatic heterocycles. The van der Waals surface area contributed by atoms with Gasteiger partial charge >= 0.3 is 0 Å². The maximum Gasteiger partial charge on any atom is 0.226 e. The summed E-state index contributed by atoms with van der Waals surface area (Å²) < 4.78 is 5.54. The van der Waals surface area contributed by atoms with Crippen LogP contribution in [0.1, 0.15) is 103 Å². The molecule has 2 fully saturated rings. The quantitative estimate of drug-likeness (QED) is 0.488. The number of carbonyl (C=O) groups is 1. The van der Waals surface area contributed by atoms with Crippen molar-refractivity contribution < 1.29 is 9.53 Å². The Morgan fingerprint density at radius 3 is 2.35 bits per heavy atom. The number of fused-ring (bicyclic) bond motifs is 2. The maximum absolute atomic E-state index is 13.7. The van der Waals surface area contributed by atoms with Crippen molar-refractivity contribution in [2.75, 3.05) is 33.3 Å². The molecular formula is C30H48N2O2. The summed E-state index contributed by atoms with van der Waals surface area (Å²) in [6, 6.07) is 9.35. The Labute approximate surface area is 208 Å². The van der Waals surface area contributed by atoms with Crippen LogP contribution < -0.4 is 0 Å². The number of likely N-dealkylation sites (tertiary alicyclic amines) is 1. The molecule has 0 N–H and O–H groups in total. The summed E-state index contributed by atoms with van der Waals surface area (Å²) in [7, 11) is 1.80. The number of ether oxygens (including phenoxy) is 1. The number of piperidine rings is 1. The van der Waals surface area contributed by atoms with E-state index in [-0.39, 0.29) is 12.0 Å². The molecule has 1 aromatic carbocycles. The molecule has 1 atom stereocenters. The average molecular weight is 469 g/mol. The number of methoxy groups -OCH3 is 1. The fraction of sp³-hybridized carbons (Fsp3) is 0.767. The summed E-state index contributed by atoms with van der Waals surface area (Å²) in [4.78, 5) is 18.6. The molecule has 3 aliphatic rings. The number of hydrogen-bond donors (Lipinski definition) is 0. The third-order valence-electron chi connectivity index (χ3n) is 9.14. The lowest BCUT2D eigenvalue weighted by Crippen LogP contribution is -2.48. The zero-order chi connectivity index (χ0) is 24.3. The summed E-state index contributed by atoms with van der Waals surface area (Å²) in [6.45, 7) is 13.6. The Hall–Kier alpha value is -1.39. The molecule has 2 aliphatic carbocycles. The van der Waals surface area contributed by atoms with Gasteiger partial charge in [0, 0.05) is 19.6 Å². The molecule has 34 heavy (non-hydrogen) atoms. The van der Waals surface area contributed by atoms with Gasteiger partial charge in [-0.25, -0.2) is 0 Å². The van der Waals surface area contributed by atoms with Crippen LogP contribution in [-0.4, -0.2) is 55.1 Å². The average Bonchev–Trinajstić information content (AvgIpc) is 2.85. The first-order valence-corrected chi connectivity index (χ1v) is 13.9. The van der Waals surface area contributed by atoms with Gasteiger partial charge in [0.05, 0.1) is 12.1 Å². The Morgan fingerprint density at radius 2 is 1.74 bits per heavy atom. The predicted octanol–water partition coefficient (Wildman–Crippen LogP) is 6.35. The molecule has 4 heteroatoms. The Balaban J connectivity index is 1.47. The van der Waals surface area contributed by atoms with Gasteiger partial charge < -0.3 is 14.5 Å². The van der Waals surface area contributed by atoms with E-state index in [2.05, 4.69) is 61.8 Å². The van der Waals surface area contributed by atoms with E-state index in [1.807, 2.05) is 0 Å². The van der Waals surface area contributed by atoms with Crippen molar-refractivity contribution in [1.29, 1.82) is 0 Å². The monoisotopic (exact) mass is 468 g/mol. The summed E-state index contributed by atoms with van der Waals surface area (Å²) in [6.07, 6.45) is 10.4. The highest BCUT2D eigenvalue weighted by atomic mass is 16.5. The van der Waals surface area contributed by atoms with Gasteiger partial charge in [-0.1, -0.05) is 45.0 Å². The summed E-state index contributed by atoms with van der Waals surface area (Å²) in [5, 5.41) is 0. The number of nitrogens with zero attached hydrogens (tertiary/aromatic N) is 2. The standard InChI is InChI=1S/C30H48N2O2/c1-6-32(28(33)23-11-13-24(34-5)14-12-23)27-15-16-30(26-10-8-7-9-25(26)27)18-21-31(22-19-30)20-17-29(2,3)4/h7-10,23-24,27H,6,11-22H2,1-5H3/t23?,24?,27-/m0/s1. The molecular weight excluding hydrogens is 420 g/mol. The molecule has 1 spiro atoms. The van der Waals surface area contributed by atoms with Crippen molar-refractivity contribution in [3.05, 3.63) is 35.4 Å². The molecule has 190 valence electrons. The number of amides is 1. The van der Waals surface area contributed by atoms with Crippen molar-refractivity contribution in [2.45, 2.75) is 103 Å². The second kappa shape index (κ2) is 10.7. The number of rotatable bonds is 6. The minimum absolute atomic E-state index is 0.167. The zero-order valence-corrected chi connectivity index (χ0v) is 22.4. The fourth-order valence-electron chi connectivity index (χ4n) is 6.82. The molecule has 0 radical (unpaired) electrons. The topological polar surface area (TPSA) is 32.8 Å². The lowest BCUT2D eigenvalue weighted by atomic mass is 9.63. The van der Waals surface area contributed by atoms with Crippen LogP contribution in [0.3, 0.4) is 0 Å². The third-order valence-corrected chi connectivity index (χ3v) is 9.14. The highest BCUT2D eigenvalue weighted by molar-refractivity contribution is 5.79. The molecule has 1 heterocycles. The normalized spacial score (nSPS) is 27.4. The second-order valence-corrected chi connectivity index (χ2v) is 12.4. The van der Waals surface area contributed by atoms with E-state index in [0.29, 0.717) is 22.8 Å². The van der Waals surface area contributed by atoms with Gasteiger partial charge in [-0.15, -0.1) is 0 Å². The van der Waals surface area contributed by atoms with Crippen molar-refractivity contribution in [1.82, 2.24) is 9.80 Å². The van der Waals surface area contributed by atoms with Gasteiger partial charge in [0.15, 0.2) is 0 Å². The SMILES string of the molecule is CCN(C(=O)C1CCC(OC)CC1)[C@H]1CCC2(CCN(CCC(C)(C)C)CC2)c2ccccc21. The van der Waals surface area contributed by atoms with Crippen molar-refractivity contribution in [3.8, 4) is 0 Å². The molecule has 1 saturated heterocycles. The van der Waals surface area contributed by atoms with Crippen LogP contribution >= 0.6 is 0 Å². The van der Waals surface area contributed by atoms with Crippen LogP contribution in [0.15, 0.2) is 24.3 Å². The van der Waals surface area contributed by atoms with Crippen molar-refractivity contribution in [2.24, 2.45) is 11.3 Å². The van der Waals surface area contributed by atoms with Gasteiger partial charge in [-0.2, -0.15) is 0 Å². The molecule has 1 amide bonds. The fourth-order valence-corrected chi connectivity index (χ4v) is 6.82. The second-order valence-electron chi connectivity index (χ2n) is 12.4. The maximum atomic E-state index is 13.7. The highest BCUT2D eigenvalue weighted by Gasteiger charge is 2.44. The predicted molar refractivity (Wildman–Crippen MR) is 140 cm³/mol. The van der Waals surface area contributed by atoms with Gasteiger partial charge in [0.1, 0.15) is 0 Å². The van der Waals surface area contributed by atoms with Gasteiger partial charge in [-0.05, 0) is 106 Å². The third kappa shape index (κ3) is 5.54. The Kier molecular flexibility index (Phi) is 8.09. The molecule has 4 rings (SSSR count). The van der Waals surface area contributed by atoms with E-state index in [0.717, 1.165) is 38.6 Å². The van der Waals surface area contributed by atoms with E-state index in [1.54, 1.807) is 7.11 Å². The minimum Gasteiger partial charge on any atom is -0.381 e. The van der Waals surface area contributed by atoms with Gasteiger partial charge in [0.2, 0.25) is 5.91 Å². The molecule has 1 aromatic rings. The van der Waals surface area contributed by atoms with E-state index in [4.69, 9.17) is 4.74 Å². The Bertz CT molecular complexity index is 813. The molecule has 1 saturated carbocycles. The van der Waals surface area contributed by atoms with Crippen LogP contribution in [0.4, 0.5) is 0 Å². The number of benzene rings is 1. The lowest BCUT2D eigenvalue weighted by Gasteiger charge is -2.49. The first-order valence-electron chi connectivity index (χ1n) is 13.9. The number of carbonyl (C=O) groups excluding carboxylic acids is 1. The summed E-state index contributed by atoms with van der Waals surface area (Å²) in [5.74, 6) is 0.547. The van der Waals surface area contributed by atoms with Crippen molar-refractivity contribution >= 4 is 5.91 Å². The highest BCUT2D eigenvalue weighted by Crippen LogP contribution is 2.50. The molecule has 4 nitrogen and oxygen atoms in total. The van der Waals surface area contributed by atoms with Crippen LogP contribution in [0.25, 0.3) is 0 Å². The zero-order valence-electron chi connectivity index (χ0n) is 22.4.